The predicted molar refractivity (Wildman–Crippen MR) is 93.4 cm³/mol. The van der Waals surface area contributed by atoms with Crippen LogP contribution in [0.4, 0.5) is 0 Å². The Morgan fingerprint density at radius 3 is 1.57 bits per heavy atom. The molecule has 112 valence electrons. The van der Waals surface area contributed by atoms with Gasteiger partial charge in [0.2, 0.25) is 8.32 Å². The average Bonchev–Trinajstić information content (AvgIpc) is 2.58. The lowest BCUT2D eigenvalue weighted by molar-refractivity contribution is 0.394. The zero-order valence-corrected chi connectivity index (χ0v) is 14.4. The lowest BCUT2D eigenvalue weighted by Gasteiger charge is -2.27. The fourth-order valence-electron chi connectivity index (χ4n) is 2.55. The number of alkyl halides is 1. The van der Waals surface area contributed by atoms with Crippen LogP contribution in [0.3, 0.4) is 0 Å². The third-order valence-electron chi connectivity index (χ3n) is 4.10. The van der Waals surface area contributed by atoms with Gasteiger partial charge in [-0.3, -0.25) is 0 Å². The summed E-state index contributed by atoms with van der Waals surface area (Å²) in [6.45, 7) is 0. The van der Waals surface area contributed by atoms with E-state index in [0.717, 1.165) is 24.9 Å². The SMILES string of the molecule is CO[Si](CCl)(CCc1ccccc1)CCc1ccccc1. The van der Waals surface area contributed by atoms with Gasteiger partial charge in [-0.05, 0) is 36.1 Å². The maximum atomic E-state index is 6.29. The molecule has 1 nitrogen and oxygen atoms in total. The number of hydrogen-bond acceptors (Lipinski definition) is 1. The standard InChI is InChI=1S/C18H23ClOSi/c1-20-21(16-19,14-12-17-8-4-2-5-9-17)15-13-18-10-6-3-7-11-18/h2-11H,12-16H2,1H3. The zero-order chi connectivity index (χ0) is 15.0. The molecule has 2 rings (SSSR count). The van der Waals surface area contributed by atoms with Crippen molar-refractivity contribution in [2.45, 2.75) is 24.9 Å². The summed E-state index contributed by atoms with van der Waals surface area (Å²) in [5.41, 5.74) is 3.41. The van der Waals surface area contributed by atoms with Gasteiger partial charge in [0, 0.05) is 12.6 Å². The van der Waals surface area contributed by atoms with Gasteiger partial charge in [-0.2, -0.15) is 0 Å². The van der Waals surface area contributed by atoms with E-state index in [0.29, 0.717) is 5.50 Å². The molecular formula is C18H23ClOSi. The average molecular weight is 319 g/mol. The first-order valence-corrected chi connectivity index (χ1v) is 10.5. The Labute approximate surface area is 134 Å². The van der Waals surface area contributed by atoms with Gasteiger partial charge in [0.1, 0.15) is 0 Å². The van der Waals surface area contributed by atoms with E-state index in [1.165, 1.54) is 11.1 Å². The topological polar surface area (TPSA) is 9.23 Å². The Kier molecular flexibility index (Phi) is 6.49. The first-order valence-electron chi connectivity index (χ1n) is 7.47. The van der Waals surface area contributed by atoms with Gasteiger partial charge in [-0.25, -0.2) is 0 Å². The van der Waals surface area contributed by atoms with E-state index in [9.17, 15) is 0 Å². The van der Waals surface area contributed by atoms with Gasteiger partial charge in [-0.1, -0.05) is 60.7 Å². The molecule has 0 heterocycles. The monoisotopic (exact) mass is 318 g/mol. The van der Waals surface area contributed by atoms with Crippen LogP contribution in [-0.4, -0.2) is 20.9 Å². The van der Waals surface area contributed by atoms with Crippen molar-refractivity contribution in [2.24, 2.45) is 0 Å². The summed E-state index contributed by atoms with van der Waals surface area (Å²) in [5.74, 6) is 0. The van der Waals surface area contributed by atoms with Crippen LogP contribution in [-0.2, 0) is 17.3 Å². The van der Waals surface area contributed by atoms with Crippen LogP contribution in [0.2, 0.25) is 12.1 Å². The number of benzene rings is 2. The van der Waals surface area contributed by atoms with Gasteiger partial charge >= 0.3 is 0 Å². The highest BCUT2D eigenvalue weighted by atomic mass is 35.5. The lowest BCUT2D eigenvalue weighted by atomic mass is 10.2. The second kappa shape index (κ2) is 8.37. The zero-order valence-electron chi connectivity index (χ0n) is 12.6. The summed E-state index contributed by atoms with van der Waals surface area (Å²) in [4.78, 5) is 0. The molecule has 0 aliphatic rings. The van der Waals surface area contributed by atoms with Gasteiger partial charge in [0.15, 0.2) is 0 Å². The van der Waals surface area contributed by atoms with E-state index in [2.05, 4.69) is 60.7 Å². The van der Waals surface area contributed by atoms with Crippen LogP contribution >= 0.6 is 11.6 Å². The van der Waals surface area contributed by atoms with E-state index in [1.807, 2.05) is 7.11 Å². The summed E-state index contributed by atoms with van der Waals surface area (Å²) in [7, 11) is -0.00570. The second-order valence-corrected chi connectivity index (χ2v) is 10.3. The van der Waals surface area contributed by atoms with Crippen molar-refractivity contribution in [1.29, 1.82) is 0 Å². The Morgan fingerprint density at radius 1 is 0.810 bits per heavy atom. The van der Waals surface area contributed by atoms with Crippen molar-refractivity contribution >= 4 is 19.9 Å². The summed E-state index contributed by atoms with van der Waals surface area (Å²) in [6.07, 6.45) is 2.12. The second-order valence-electron chi connectivity index (χ2n) is 5.49. The number of aryl methyl sites for hydroxylation is 2. The van der Waals surface area contributed by atoms with Crippen molar-refractivity contribution < 1.29 is 4.43 Å². The van der Waals surface area contributed by atoms with Crippen molar-refractivity contribution in [2.75, 3.05) is 12.6 Å². The maximum absolute atomic E-state index is 6.29. The minimum Gasteiger partial charge on any atom is -0.419 e. The predicted octanol–water partition coefficient (Wildman–Crippen LogP) is 4.84. The quantitative estimate of drug-likeness (QED) is 0.500. The largest absolute Gasteiger partial charge is 0.419 e. The van der Waals surface area contributed by atoms with Crippen LogP contribution in [0.5, 0.6) is 0 Å². The van der Waals surface area contributed by atoms with E-state index in [1.54, 1.807) is 0 Å². The van der Waals surface area contributed by atoms with Gasteiger partial charge in [-0.15, -0.1) is 11.6 Å². The van der Waals surface area contributed by atoms with Crippen molar-refractivity contribution in [3.8, 4) is 0 Å². The third kappa shape index (κ3) is 4.99. The summed E-state index contributed by atoms with van der Waals surface area (Å²) in [5, 5.41) is 0. The van der Waals surface area contributed by atoms with Gasteiger partial charge in [0.05, 0.1) is 0 Å². The summed E-state index contributed by atoms with van der Waals surface area (Å²) < 4.78 is 5.94. The fraction of sp³-hybridized carbons (Fsp3) is 0.333. The first kappa shape index (κ1) is 16.3. The van der Waals surface area contributed by atoms with Crippen LogP contribution in [0.15, 0.2) is 60.7 Å². The van der Waals surface area contributed by atoms with Crippen molar-refractivity contribution in [3.05, 3.63) is 71.8 Å². The molecule has 0 radical (unpaired) electrons. The Bertz CT molecular complexity index is 466. The molecule has 0 spiro atoms. The molecule has 0 saturated carbocycles. The summed E-state index contributed by atoms with van der Waals surface area (Å²) in [6, 6.07) is 23.4. The molecule has 2 aromatic rings. The van der Waals surface area contributed by atoms with E-state index >= 15 is 0 Å². The molecule has 0 bridgehead atoms. The van der Waals surface area contributed by atoms with E-state index in [-0.39, 0.29) is 0 Å². The van der Waals surface area contributed by atoms with E-state index in [4.69, 9.17) is 16.0 Å². The third-order valence-corrected chi connectivity index (χ3v) is 9.24. The Balaban J connectivity index is 1.95. The number of hydrogen-bond donors (Lipinski definition) is 0. The highest BCUT2D eigenvalue weighted by Crippen LogP contribution is 2.23. The molecule has 0 atom stereocenters. The number of halogens is 1. The van der Waals surface area contributed by atoms with Crippen LogP contribution < -0.4 is 0 Å². The van der Waals surface area contributed by atoms with Crippen LogP contribution in [0, 0.1) is 0 Å². The molecular weight excluding hydrogens is 296 g/mol. The van der Waals surface area contributed by atoms with Crippen molar-refractivity contribution in [3.63, 3.8) is 0 Å². The summed E-state index contributed by atoms with van der Waals surface area (Å²) >= 11 is 6.29. The minimum atomic E-state index is -1.84. The molecule has 0 unspecified atom stereocenters. The molecule has 0 N–H and O–H groups in total. The van der Waals surface area contributed by atoms with Gasteiger partial charge < -0.3 is 4.43 Å². The molecule has 3 heteroatoms. The molecule has 0 saturated heterocycles. The molecule has 0 fully saturated rings. The molecule has 21 heavy (non-hydrogen) atoms. The molecule has 0 aromatic heterocycles. The van der Waals surface area contributed by atoms with Crippen LogP contribution in [0.25, 0.3) is 0 Å². The Hall–Kier alpha value is -1.09. The van der Waals surface area contributed by atoms with Gasteiger partial charge in [0.25, 0.3) is 0 Å². The molecule has 0 aliphatic carbocycles. The molecule has 2 aromatic carbocycles. The highest BCUT2D eigenvalue weighted by Gasteiger charge is 2.32. The minimum absolute atomic E-state index is 0.670. The molecule has 0 amide bonds. The lowest BCUT2D eigenvalue weighted by Crippen LogP contribution is -2.40. The fourth-order valence-corrected chi connectivity index (χ4v) is 6.20. The maximum Gasteiger partial charge on any atom is 0.207 e. The smallest absolute Gasteiger partial charge is 0.207 e. The first-order chi connectivity index (χ1) is 10.3. The van der Waals surface area contributed by atoms with E-state index < -0.39 is 8.32 Å². The molecule has 0 aliphatic heterocycles. The van der Waals surface area contributed by atoms with Crippen LogP contribution in [0.1, 0.15) is 11.1 Å². The Morgan fingerprint density at radius 2 is 1.24 bits per heavy atom. The highest BCUT2D eigenvalue weighted by molar-refractivity contribution is 6.80. The normalized spacial score (nSPS) is 11.5. The van der Waals surface area contributed by atoms with Crippen molar-refractivity contribution in [1.82, 2.24) is 0 Å². The number of rotatable bonds is 8.